The van der Waals surface area contributed by atoms with Gasteiger partial charge >= 0.3 is 0 Å². The molecule has 2 rings (SSSR count). The van der Waals surface area contributed by atoms with Gasteiger partial charge in [0.05, 0.1) is 6.61 Å². The topological polar surface area (TPSA) is 40.1 Å². The molecule has 0 aliphatic heterocycles. The van der Waals surface area contributed by atoms with E-state index in [2.05, 4.69) is 58.5 Å². The van der Waals surface area contributed by atoms with E-state index in [1.165, 1.54) is 24.1 Å². The lowest BCUT2D eigenvalue weighted by Gasteiger charge is -2.22. The van der Waals surface area contributed by atoms with Gasteiger partial charge in [-0.25, -0.2) is 0 Å². The van der Waals surface area contributed by atoms with E-state index in [9.17, 15) is 0 Å². The SMILES string of the molecule is CN=C(NCc1ccc(N(C)C)cc1)N(C)CCOCC1CC1. The van der Waals surface area contributed by atoms with Gasteiger partial charge in [-0.2, -0.15) is 0 Å². The summed E-state index contributed by atoms with van der Waals surface area (Å²) in [5.74, 6) is 1.72. The molecule has 0 spiro atoms. The van der Waals surface area contributed by atoms with E-state index >= 15 is 0 Å². The number of anilines is 1. The fraction of sp³-hybridized carbons (Fsp3) is 0.611. The normalized spacial score (nSPS) is 14.7. The zero-order valence-corrected chi connectivity index (χ0v) is 14.9. The molecule has 5 heteroatoms. The number of nitrogens with one attached hydrogen (secondary N) is 1. The number of likely N-dealkylation sites (N-methyl/N-ethyl adjacent to an activating group) is 1. The Morgan fingerprint density at radius 1 is 1.22 bits per heavy atom. The Labute approximate surface area is 140 Å². The first kappa shape index (κ1) is 17.6. The minimum absolute atomic E-state index is 0.755. The van der Waals surface area contributed by atoms with Gasteiger partial charge < -0.3 is 19.9 Å². The van der Waals surface area contributed by atoms with Crippen molar-refractivity contribution in [3.63, 3.8) is 0 Å². The average molecular weight is 318 g/mol. The molecule has 23 heavy (non-hydrogen) atoms. The summed E-state index contributed by atoms with van der Waals surface area (Å²) in [6, 6.07) is 8.56. The summed E-state index contributed by atoms with van der Waals surface area (Å²) < 4.78 is 5.69. The van der Waals surface area contributed by atoms with Crippen LogP contribution in [0.15, 0.2) is 29.3 Å². The second-order valence-corrected chi connectivity index (χ2v) is 6.40. The molecule has 5 nitrogen and oxygen atoms in total. The molecule has 0 radical (unpaired) electrons. The van der Waals surface area contributed by atoms with Crippen LogP contribution in [-0.2, 0) is 11.3 Å². The van der Waals surface area contributed by atoms with Crippen molar-refractivity contribution < 1.29 is 4.74 Å². The molecule has 0 amide bonds. The largest absolute Gasteiger partial charge is 0.379 e. The Bertz CT molecular complexity index is 494. The van der Waals surface area contributed by atoms with Crippen LogP contribution in [0.5, 0.6) is 0 Å². The molecule has 1 aliphatic rings. The number of rotatable bonds is 8. The van der Waals surface area contributed by atoms with Gasteiger partial charge in [0.15, 0.2) is 5.96 Å². The van der Waals surface area contributed by atoms with Gasteiger partial charge in [0.1, 0.15) is 0 Å². The van der Waals surface area contributed by atoms with Crippen LogP contribution >= 0.6 is 0 Å². The Morgan fingerprint density at radius 3 is 2.48 bits per heavy atom. The molecule has 1 aromatic carbocycles. The number of nitrogens with zero attached hydrogens (tertiary/aromatic N) is 3. The third-order valence-electron chi connectivity index (χ3n) is 4.10. The number of hydrogen-bond acceptors (Lipinski definition) is 3. The molecule has 0 saturated heterocycles. The predicted octanol–water partition coefficient (Wildman–Crippen LogP) is 2.19. The minimum Gasteiger partial charge on any atom is -0.379 e. The van der Waals surface area contributed by atoms with Crippen molar-refractivity contribution in [3.8, 4) is 0 Å². The lowest BCUT2D eigenvalue weighted by Crippen LogP contribution is -2.40. The van der Waals surface area contributed by atoms with Crippen LogP contribution < -0.4 is 10.2 Å². The Kier molecular flexibility index (Phi) is 6.71. The number of guanidine groups is 1. The van der Waals surface area contributed by atoms with E-state index in [1.807, 2.05) is 14.1 Å². The quantitative estimate of drug-likeness (QED) is 0.453. The lowest BCUT2D eigenvalue weighted by atomic mass is 10.2. The zero-order valence-electron chi connectivity index (χ0n) is 14.9. The van der Waals surface area contributed by atoms with E-state index in [1.54, 1.807) is 0 Å². The van der Waals surface area contributed by atoms with Crippen LogP contribution in [-0.4, -0.2) is 58.8 Å². The van der Waals surface area contributed by atoms with Crippen LogP contribution in [0.2, 0.25) is 0 Å². The summed E-state index contributed by atoms with van der Waals surface area (Å²) in [5, 5.41) is 3.40. The van der Waals surface area contributed by atoms with E-state index in [-0.39, 0.29) is 0 Å². The van der Waals surface area contributed by atoms with Crippen LogP contribution in [0.3, 0.4) is 0 Å². The van der Waals surface area contributed by atoms with E-state index in [4.69, 9.17) is 4.74 Å². The Hall–Kier alpha value is -1.75. The fourth-order valence-corrected chi connectivity index (χ4v) is 2.32. The maximum Gasteiger partial charge on any atom is 0.193 e. The van der Waals surface area contributed by atoms with Crippen molar-refractivity contribution in [2.24, 2.45) is 10.9 Å². The highest BCUT2D eigenvalue weighted by Gasteiger charge is 2.21. The molecule has 128 valence electrons. The maximum atomic E-state index is 5.69. The first-order valence-electron chi connectivity index (χ1n) is 8.36. The van der Waals surface area contributed by atoms with Gasteiger partial charge in [0.2, 0.25) is 0 Å². The van der Waals surface area contributed by atoms with Gasteiger partial charge in [-0.3, -0.25) is 4.99 Å². The van der Waals surface area contributed by atoms with Gasteiger partial charge in [-0.1, -0.05) is 12.1 Å². The first-order chi connectivity index (χ1) is 11.1. The second-order valence-electron chi connectivity index (χ2n) is 6.40. The molecule has 1 aromatic rings. The fourth-order valence-electron chi connectivity index (χ4n) is 2.32. The highest BCUT2D eigenvalue weighted by molar-refractivity contribution is 5.79. The smallest absolute Gasteiger partial charge is 0.193 e. The van der Waals surface area contributed by atoms with Gasteiger partial charge in [-0.05, 0) is 36.5 Å². The molecular weight excluding hydrogens is 288 g/mol. The molecule has 1 N–H and O–H groups in total. The Morgan fingerprint density at radius 2 is 1.91 bits per heavy atom. The molecule has 1 saturated carbocycles. The van der Waals surface area contributed by atoms with E-state index < -0.39 is 0 Å². The summed E-state index contributed by atoms with van der Waals surface area (Å²) in [6.45, 7) is 3.29. The molecule has 1 aliphatic carbocycles. The number of benzene rings is 1. The standard InChI is InChI=1S/C18H30N4O/c1-19-18(22(4)11-12-23-14-16-5-6-16)20-13-15-7-9-17(10-8-15)21(2)3/h7-10,16H,5-6,11-14H2,1-4H3,(H,19,20). The maximum absolute atomic E-state index is 5.69. The Balaban J connectivity index is 1.72. The van der Waals surface area contributed by atoms with Gasteiger partial charge in [-0.15, -0.1) is 0 Å². The summed E-state index contributed by atoms with van der Waals surface area (Å²) in [5.41, 5.74) is 2.46. The second kappa shape index (κ2) is 8.77. The van der Waals surface area contributed by atoms with Crippen molar-refractivity contribution >= 4 is 11.6 Å². The van der Waals surface area contributed by atoms with Crippen LogP contribution in [0.4, 0.5) is 5.69 Å². The predicted molar refractivity (Wildman–Crippen MR) is 97.1 cm³/mol. The molecule has 0 unspecified atom stereocenters. The summed E-state index contributed by atoms with van der Waals surface area (Å²) in [4.78, 5) is 8.56. The van der Waals surface area contributed by atoms with Crippen LogP contribution in [0, 0.1) is 5.92 Å². The summed E-state index contributed by atoms with van der Waals surface area (Å²) >= 11 is 0. The van der Waals surface area contributed by atoms with Crippen molar-refractivity contribution in [1.82, 2.24) is 10.2 Å². The first-order valence-corrected chi connectivity index (χ1v) is 8.36. The molecule has 1 fully saturated rings. The zero-order chi connectivity index (χ0) is 16.7. The van der Waals surface area contributed by atoms with E-state index in [0.29, 0.717) is 0 Å². The molecule has 0 atom stereocenters. The van der Waals surface area contributed by atoms with Crippen LogP contribution in [0.1, 0.15) is 18.4 Å². The number of ether oxygens (including phenoxy) is 1. The monoisotopic (exact) mass is 318 g/mol. The lowest BCUT2D eigenvalue weighted by molar-refractivity contribution is 0.115. The van der Waals surface area contributed by atoms with E-state index in [0.717, 1.165) is 38.2 Å². The van der Waals surface area contributed by atoms with Crippen molar-refractivity contribution in [2.45, 2.75) is 19.4 Å². The molecule has 0 heterocycles. The average Bonchev–Trinajstić information content (AvgIpc) is 3.37. The van der Waals surface area contributed by atoms with Crippen LogP contribution in [0.25, 0.3) is 0 Å². The van der Waals surface area contributed by atoms with Crippen molar-refractivity contribution in [2.75, 3.05) is 52.8 Å². The molecule has 0 bridgehead atoms. The van der Waals surface area contributed by atoms with Gasteiger partial charge in [0, 0.05) is 53.6 Å². The summed E-state index contributed by atoms with van der Waals surface area (Å²) in [7, 11) is 7.97. The molecular formula is C18H30N4O. The van der Waals surface area contributed by atoms with Crippen molar-refractivity contribution in [1.29, 1.82) is 0 Å². The third-order valence-corrected chi connectivity index (χ3v) is 4.10. The molecule has 0 aromatic heterocycles. The van der Waals surface area contributed by atoms with Gasteiger partial charge in [0.25, 0.3) is 0 Å². The number of aliphatic imine (C=N–C) groups is 1. The number of hydrogen-bond donors (Lipinski definition) is 1. The minimum atomic E-state index is 0.755. The summed E-state index contributed by atoms with van der Waals surface area (Å²) in [6.07, 6.45) is 2.68. The van der Waals surface area contributed by atoms with Crippen molar-refractivity contribution in [3.05, 3.63) is 29.8 Å². The third kappa shape index (κ3) is 6.10. The highest BCUT2D eigenvalue weighted by atomic mass is 16.5. The highest BCUT2D eigenvalue weighted by Crippen LogP contribution is 2.28.